The van der Waals surface area contributed by atoms with Crippen LogP contribution in [0.15, 0.2) is 106 Å². The van der Waals surface area contributed by atoms with Crippen LogP contribution in [0.1, 0.15) is 11.1 Å². The normalized spacial score (nSPS) is 11.1. The highest BCUT2D eigenvalue weighted by Crippen LogP contribution is 2.28. The van der Waals surface area contributed by atoms with E-state index in [1.165, 1.54) is 4.31 Å². The van der Waals surface area contributed by atoms with E-state index in [0.717, 1.165) is 15.6 Å². The lowest BCUT2D eigenvalue weighted by Crippen LogP contribution is -2.30. The van der Waals surface area contributed by atoms with Crippen LogP contribution in [-0.4, -0.2) is 20.9 Å². The highest BCUT2D eigenvalue weighted by Gasteiger charge is 2.25. The first kappa shape index (κ1) is 26.7. The molecule has 0 aliphatic carbocycles. The number of hydrogen-bond donors (Lipinski definition) is 1. The van der Waals surface area contributed by atoms with Crippen LogP contribution in [0.25, 0.3) is 0 Å². The maximum atomic E-state index is 13.6. The Kier molecular flexibility index (Phi) is 8.53. The minimum Gasteiger partial charge on any atom is -0.484 e. The number of rotatable bonds is 9. The van der Waals surface area contributed by atoms with E-state index in [4.69, 9.17) is 16.3 Å². The van der Waals surface area contributed by atoms with Gasteiger partial charge in [-0.15, -0.1) is 0 Å². The Morgan fingerprint density at radius 1 is 0.892 bits per heavy atom. The fraction of sp³-hybridized carbons (Fsp3) is 0.107. The number of sulfonamides is 1. The van der Waals surface area contributed by atoms with Crippen molar-refractivity contribution in [3.8, 4) is 5.75 Å². The molecule has 0 saturated heterocycles. The fourth-order valence-electron chi connectivity index (χ4n) is 3.50. The fourth-order valence-corrected chi connectivity index (χ4v) is 5.34. The molecular formula is C28H24BrClN2O4S. The van der Waals surface area contributed by atoms with Gasteiger partial charge >= 0.3 is 0 Å². The molecule has 0 aromatic heterocycles. The highest BCUT2D eigenvalue weighted by atomic mass is 79.9. The number of benzene rings is 4. The Labute approximate surface area is 230 Å². The molecule has 0 radical (unpaired) electrons. The van der Waals surface area contributed by atoms with Crippen LogP contribution in [0.2, 0.25) is 5.02 Å². The number of amides is 1. The SMILES string of the molecule is Cc1ccc(S(=O)(=O)N(Cc2ccc(Cl)cc2)c2ccc(OCC(=O)Nc3ccc(Br)cc3)cc2)cc1. The van der Waals surface area contributed by atoms with E-state index >= 15 is 0 Å². The molecule has 0 aliphatic rings. The summed E-state index contributed by atoms with van der Waals surface area (Å²) in [6.07, 6.45) is 0. The summed E-state index contributed by atoms with van der Waals surface area (Å²) in [6.45, 7) is 1.83. The van der Waals surface area contributed by atoms with Crippen molar-refractivity contribution in [3.05, 3.63) is 118 Å². The molecule has 0 spiro atoms. The van der Waals surface area contributed by atoms with Gasteiger partial charge < -0.3 is 10.1 Å². The molecule has 9 heteroatoms. The number of nitrogens with zero attached hydrogens (tertiary/aromatic N) is 1. The zero-order valence-electron chi connectivity index (χ0n) is 19.9. The minimum atomic E-state index is -3.86. The van der Waals surface area contributed by atoms with Crippen molar-refractivity contribution in [2.75, 3.05) is 16.2 Å². The molecule has 1 N–H and O–H groups in total. The summed E-state index contributed by atoms with van der Waals surface area (Å²) in [4.78, 5) is 12.4. The standard InChI is InChI=1S/C28H24BrClN2O4S/c1-20-2-16-27(17-3-20)37(34,35)32(18-21-4-8-23(30)9-5-21)25-12-14-26(15-13-25)36-19-28(33)31-24-10-6-22(29)7-11-24/h2-17H,18-19H2,1H3,(H,31,33). The van der Waals surface area contributed by atoms with Crippen LogP contribution in [0.3, 0.4) is 0 Å². The van der Waals surface area contributed by atoms with Gasteiger partial charge in [-0.1, -0.05) is 57.4 Å². The van der Waals surface area contributed by atoms with Gasteiger partial charge in [0.05, 0.1) is 17.1 Å². The Balaban J connectivity index is 1.51. The second kappa shape index (κ2) is 11.8. The molecule has 190 valence electrons. The molecule has 37 heavy (non-hydrogen) atoms. The summed E-state index contributed by atoms with van der Waals surface area (Å²) in [5, 5.41) is 3.33. The largest absolute Gasteiger partial charge is 0.484 e. The second-order valence-electron chi connectivity index (χ2n) is 8.29. The third-order valence-corrected chi connectivity index (χ3v) is 8.04. The highest BCUT2D eigenvalue weighted by molar-refractivity contribution is 9.10. The number of anilines is 2. The van der Waals surface area contributed by atoms with Gasteiger partial charge in [0.1, 0.15) is 5.75 Å². The predicted molar refractivity (Wildman–Crippen MR) is 151 cm³/mol. The van der Waals surface area contributed by atoms with Gasteiger partial charge in [-0.3, -0.25) is 9.10 Å². The van der Waals surface area contributed by atoms with Gasteiger partial charge in [0, 0.05) is 15.2 Å². The van der Waals surface area contributed by atoms with E-state index in [1.54, 1.807) is 84.9 Å². The lowest BCUT2D eigenvalue weighted by atomic mass is 10.2. The molecule has 0 unspecified atom stereocenters. The van der Waals surface area contributed by atoms with E-state index in [1.807, 2.05) is 19.1 Å². The lowest BCUT2D eigenvalue weighted by Gasteiger charge is -2.25. The van der Waals surface area contributed by atoms with Gasteiger partial charge in [-0.05, 0) is 85.3 Å². The van der Waals surface area contributed by atoms with E-state index in [2.05, 4.69) is 21.2 Å². The molecule has 0 aliphatic heterocycles. The zero-order chi connectivity index (χ0) is 26.4. The van der Waals surface area contributed by atoms with Gasteiger partial charge in [0.15, 0.2) is 6.61 Å². The van der Waals surface area contributed by atoms with Crippen LogP contribution in [0.4, 0.5) is 11.4 Å². The smallest absolute Gasteiger partial charge is 0.264 e. The maximum absolute atomic E-state index is 13.6. The number of nitrogens with one attached hydrogen (secondary N) is 1. The van der Waals surface area contributed by atoms with Gasteiger partial charge in [-0.25, -0.2) is 8.42 Å². The number of ether oxygens (including phenoxy) is 1. The first-order valence-electron chi connectivity index (χ1n) is 11.3. The number of carbonyl (C=O) groups excluding carboxylic acids is 1. The summed E-state index contributed by atoms with van der Waals surface area (Å²) in [6, 6.07) is 27.6. The molecule has 0 heterocycles. The molecular weight excluding hydrogens is 576 g/mol. The molecule has 1 amide bonds. The molecule has 4 aromatic rings. The van der Waals surface area contributed by atoms with Crippen molar-refractivity contribution >= 4 is 54.8 Å². The molecule has 0 bridgehead atoms. The Bertz CT molecular complexity index is 1460. The average Bonchev–Trinajstić information content (AvgIpc) is 2.89. The van der Waals surface area contributed by atoms with Crippen molar-refractivity contribution in [2.24, 2.45) is 0 Å². The van der Waals surface area contributed by atoms with Crippen molar-refractivity contribution in [1.29, 1.82) is 0 Å². The molecule has 6 nitrogen and oxygen atoms in total. The number of carbonyl (C=O) groups is 1. The monoisotopic (exact) mass is 598 g/mol. The van der Waals surface area contributed by atoms with Gasteiger partial charge in [0.25, 0.3) is 15.9 Å². The molecule has 0 saturated carbocycles. The van der Waals surface area contributed by atoms with Crippen LogP contribution < -0.4 is 14.4 Å². The third kappa shape index (κ3) is 7.13. The van der Waals surface area contributed by atoms with Crippen molar-refractivity contribution in [2.45, 2.75) is 18.4 Å². The first-order valence-corrected chi connectivity index (χ1v) is 13.9. The second-order valence-corrected chi connectivity index (χ2v) is 11.5. The van der Waals surface area contributed by atoms with Crippen LogP contribution in [0.5, 0.6) is 5.75 Å². The lowest BCUT2D eigenvalue weighted by molar-refractivity contribution is -0.118. The Morgan fingerprint density at radius 2 is 1.51 bits per heavy atom. The topological polar surface area (TPSA) is 75.7 Å². The van der Waals surface area contributed by atoms with E-state index < -0.39 is 10.0 Å². The van der Waals surface area contributed by atoms with Gasteiger partial charge in [-0.2, -0.15) is 0 Å². The number of aryl methyl sites for hydroxylation is 1. The third-order valence-electron chi connectivity index (χ3n) is 5.47. The van der Waals surface area contributed by atoms with Crippen LogP contribution in [0, 0.1) is 6.92 Å². The summed E-state index contributed by atoms with van der Waals surface area (Å²) in [5.74, 6) is 0.131. The average molecular weight is 600 g/mol. The molecule has 0 fully saturated rings. The summed E-state index contributed by atoms with van der Waals surface area (Å²) in [7, 11) is -3.86. The summed E-state index contributed by atoms with van der Waals surface area (Å²) < 4.78 is 35.1. The first-order chi connectivity index (χ1) is 17.7. The van der Waals surface area contributed by atoms with Crippen LogP contribution >= 0.6 is 27.5 Å². The maximum Gasteiger partial charge on any atom is 0.264 e. The van der Waals surface area contributed by atoms with E-state index in [-0.39, 0.29) is 24.0 Å². The zero-order valence-corrected chi connectivity index (χ0v) is 23.1. The Hall–Kier alpha value is -3.33. The molecule has 4 aromatic carbocycles. The summed E-state index contributed by atoms with van der Waals surface area (Å²) >= 11 is 9.37. The van der Waals surface area contributed by atoms with E-state index in [9.17, 15) is 13.2 Å². The van der Waals surface area contributed by atoms with Crippen molar-refractivity contribution in [1.82, 2.24) is 0 Å². The minimum absolute atomic E-state index is 0.114. The van der Waals surface area contributed by atoms with Crippen molar-refractivity contribution in [3.63, 3.8) is 0 Å². The molecule has 0 atom stereocenters. The number of halogens is 2. The molecule has 4 rings (SSSR count). The quantitative estimate of drug-likeness (QED) is 0.229. The van der Waals surface area contributed by atoms with E-state index in [0.29, 0.717) is 22.1 Å². The predicted octanol–water partition coefficient (Wildman–Crippen LogP) is 6.82. The van der Waals surface area contributed by atoms with Gasteiger partial charge in [0.2, 0.25) is 0 Å². The van der Waals surface area contributed by atoms with Crippen LogP contribution in [-0.2, 0) is 21.4 Å². The van der Waals surface area contributed by atoms with Crippen molar-refractivity contribution < 1.29 is 17.9 Å². The number of hydrogen-bond acceptors (Lipinski definition) is 4. The summed E-state index contributed by atoms with van der Waals surface area (Å²) in [5.41, 5.74) is 2.87. The Morgan fingerprint density at radius 3 is 2.14 bits per heavy atom.